The summed E-state index contributed by atoms with van der Waals surface area (Å²) in [6, 6.07) is 4.55. The van der Waals surface area contributed by atoms with Gasteiger partial charge in [-0.25, -0.2) is 0 Å². The Hall–Kier alpha value is -0.340. The highest BCUT2D eigenvalue weighted by Crippen LogP contribution is 2.22. The Labute approximate surface area is 114 Å². The summed E-state index contributed by atoms with van der Waals surface area (Å²) in [5, 5.41) is 3.45. The molecule has 0 aromatic heterocycles. The van der Waals surface area contributed by atoms with E-state index >= 15 is 0 Å². The van der Waals surface area contributed by atoms with Crippen molar-refractivity contribution < 1.29 is 0 Å². The van der Waals surface area contributed by atoms with Crippen molar-refractivity contribution in [1.29, 1.82) is 0 Å². The zero-order valence-corrected chi connectivity index (χ0v) is 12.9. The van der Waals surface area contributed by atoms with Gasteiger partial charge in [0.2, 0.25) is 0 Å². The largest absolute Gasteiger partial charge is 0.317 e. The first-order valence-corrected chi connectivity index (χ1v) is 7.40. The van der Waals surface area contributed by atoms with Gasteiger partial charge < -0.3 is 5.32 Å². The van der Waals surface area contributed by atoms with E-state index in [0.29, 0.717) is 0 Å². The maximum Gasteiger partial charge on any atom is 0.0207 e. The monoisotopic (exact) mass is 297 g/mol. The maximum atomic E-state index is 3.58. The molecular weight excluding hydrogens is 274 g/mol. The van der Waals surface area contributed by atoms with Crippen LogP contribution in [-0.4, -0.2) is 13.1 Å². The minimum atomic E-state index is 1.15. The van der Waals surface area contributed by atoms with E-state index in [0.717, 1.165) is 13.1 Å². The zero-order chi connectivity index (χ0) is 12.7. The van der Waals surface area contributed by atoms with E-state index < -0.39 is 0 Å². The molecule has 0 aliphatic heterocycles. The molecular formula is C15H24BrN. The molecule has 0 spiro atoms. The molecule has 1 N–H and O–H groups in total. The molecule has 0 radical (unpaired) electrons. The zero-order valence-electron chi connectivity index (χ0n) is 11.3. The number of hydrogen-bond acceptors (Lipinski definition) is 1. The van der Waals surface area contributed by atoms with Gasteiger partial charge in [0.15, 0.2) is 0 Å². The highest BCUT2D eigenvalue weighted by molar-refractivity contribution is 9.10. The van der Waals surface area contributed by atoms with E-state index in [1.807, 2.05) is 0 Å². The molecule has 0 aliphatic rings. The van der Waals surface area contributed by atoms with Crippen molar-refractivity contribution in [3.05, 3.63) is 33.3 Å². The van der Waals surface area contributed by atoms with Crippen LogP contribution in [0.1, 0.15) is 42.9 Å². The fraction of sp³-hybridized carbons (Fsp3) is 0.600. The molecule has 96 valence electrons. The molecule has 0 aliphatic carbocycles. The van der Waals surface area contributed by atoms with E-state index in [4.69, 9.17) is 0 Å². The molecule has 1 nitrogen and oxygen atoms in total. The number of unbranched alkanes of at least 4 members (excludes halogenated alkanes) is 1. The van der Waals surface area contributed by atoms with Gasteiger partial charge in [-0.1, -0.05) is 28.9 Å². The maximum absolute atomic E-state index is 3.58. The normalized spacial score (nSPS) is 10.8. The highest BCUT2D eigenvalue weighted by atomic mass is 79.9. The Morgan fingerprint density at radius 3 is 2.53 bits per heavy atom. The first-order valence-electron chi connectivity index (χ1n) is 6.61. The van der Waals surface area contributed by atoms with Crippen LogP contribution in [0.25, 0.3) is 0 Å². The topological polar surface area (TPSA) is 12.0 Å². The summed E-state index contributed by atoms with van der Waals surface area (Å²) in [4.78, 5) is 0. The van der Waals surface area contributed by atoms with Gasteiger partial charge in [0, 0.05) is 4.47 Å². The standard InChI is InChI=1S/C15H24BrN/c1-4-8-17-9-6-5-7-14-10-13(3)15(16)11-12(14)2/h10-11,17H,4-9H2,1-3H3. The fourth-order valence-corrected chi connectivity index (χ4v) is 2.44. The third-order valence-corrected chi connectivity index (χ3v) is 3.95. The summed E-state index contributed by atoms with van der Waals surface area (Å²) in [5.41, 5.74) is 4.25. The van der Waals surface area contributed by atoms with Crippen LogP contribution in [0.15, 0.2) is 16.6 Å². The van der Waals surface area contributed by atoms with E-state index in [-0.39, 0.29) is 0 Å². The number of nitrogens with one attached hydrogen (secondary N) is 1. The Kier molecular flexibility index (Phi) is 6.83. The van der Waals surface area contributed by atoms with Crippen molar-refractivity contribution in [3.63, 3.8) is 0 Å². The average Bonchev–Trinajstić information content (AvgIpc) is 2.30. The Balaban J connectivity index is 2.34. The van der Waals surface area contributed by atoms with Gasteiger partial charge in [-0.3, -0.25) is 0 Å². The van der Waals surface area contributed by atoms with Crippen molar-refractivity contribution in [3.8, 4) is 0 Å². The first kappa shape index (κ1) is 14.7. The van der Waals surface area contributed by atoms with Gasteiger partial charge >= 0.3 is 0 Å². The second-order valence-electron chi connectivity index (χ2n) is 4.73. The van der Waals surface area contributed by atoms with E-state index in [2.05, 4.69) is 54.2 Å². The summed E-state index contributed by atoms with van der Waals surface area (Å²) >= 11 is 3.58. The van der Waals surface area contributed by atoms with Crippen molar-refractivity contribution in [2.45, 2.75) is 46.5 Å². The van der Waals surface area contributed by atoms with Crippen LogP contribution >= 0.6 is 15.9 Å². The number of benzene rings is 1. The molecule has 0 heterocycles. The van der Waals surface area contributed by atoms with Crippen LogP contribution in [0.4, 0.5) is 0 Å². The van der Waals surface area contributed by atoms with Crippen LogP contribution in [0, 0.1) is 13.8 Å². The van der Waals surface area contributed by atoms with Crippen LogP contribution < -0.4 is 5.32 Å². The first-order chi connectivity index (χ1) is 8.15. The summed E-state index contributed by atoms with van der Waals surface area (Å²) < 4.78 is 1.23. The van der Waals surface area contributed by atoms with Crippen LogP contribution in [0.5, 0.6) is 0 Å². The number of halogens is 1. The van der Waals surface area contributed by atoms with Gasteiger partial charge in [-0.15, -0.1) is 0 Å². The molecule has 17 heavy (non-hydrogen) atoms. The second kappa shape index (κ2) is 7.88. The summed E-state index contributed by atoms with van der Waals surface area (Å²) in [6.07, 6.45) is 4.98. The molecule has 0 fully saturated rings. The molecule has 0 unspecified atom stereocenters. The molecule has 2 heteroatoms. The third-order valence-electron chi connectivity index (χ3n) is 3.09. The van der Waals surface area contributed by atoms with Crippen molar-refractivity contribution >= 4 is 15.9 Å². The number of hydrogen-bond donors (Lipinski definition) is 1. The predicted octanol–water partition coefficient (Wildman–Crippen LogP) is 4.39. The van der Waals surface area contributed by atoms with Crippen molar-refractivity contribution in [1.82, 2.24) is 5.32 Å². The fourth-order valence-electron chi connectivity index (χ4n) is 1.98. The lowest BCUT2D eigenvalue weighted by atomic mass is 10.0. The van der Waals surface area contributed by atoms with E-state index in [1.165, 1.54) is 46.8 Å². The quantitative estimate of drug-likeness (QED) is 0.736. The van der Waals surface area contributed by atoms with E-state index in [9.17, 15) is 0 Å². The summed E-state index contributed by atoms with van der Waals surface area (Å²) in [7, 11) is 0. The van der Waals surface area contributed by atoms with Crippen LogP contribution in [0.2, 0.25) is 0 Å². The minimum Gasteiger partial charge on any atom is -0.317 e. The lowest BCUT2D eigenvalue weighted by Gasteiger charge is -2.09. The molecule has 1 rings (SSSR count). The minimum absolute atomic E-state index is 1.15. The predicted molar refractivity (Wildman–Crippen MR) is 79.7 cm³/mol. The van der Waals surface area contributed by atoms with Gasteiger partial charge in [0.1, 0.15) is 0 Å². The second-order valence-corrected chi connectivity index (χ2v) is 5.59. The Morgan fingerprint density at radius 2 is 1.82 bits per heavy atom. The molecule has 0 saturated heterocycles. The average molecular weight is 298 g/mol. The molecule has 1 aromatic rings. The Bertz CT molecular complexity index is 347. The lowest BCUT2D eigenvalue weighted by molar-refractivity contribution is 0.616. The summed E-state index contributed by atoms with van der Waals surface area (Å²) in [5.74, 6) is 0. The Morgan fingerprint density at radius 1 is 1.06 bits per heavy atom. The van der Waals surface area contributed by atoms with Crippen molar-refractivity contribution in [2.75, 3.05) is 13.1 Å². The van der Waals surface area contributed by atoms with Gasteiger partial charge in [-0.2, -0.15) is 0 Å². The number of aryl methyl sites for hydroxylation is 3. The lowest BCUT2D eigenvalue weighted by Crippen LogP contribution is -2.15. The van der Waals surface area contributed by atoms with Crippen LogP contribution in [0.3, 0.4) is 0 Å². The van der Waals surface area contributed by atoms with Crippen molar-refractivity contribution in [2.24, 2.45) is 0 Å². The number of rotatable bonds is 7. The molecule has 0 atom stereocenters. The van der Waals surface area contributed by atoms with Gasteiger partial charge in [-0.05, 0) is 75.4 Å². The molecule has 0 saturated carbocycles. The molecule has 0 amide bonds. The molecule has 1 aromatic carbocycles. The molecule has 0 bridgehead atoms. The van der Waals surface area contributed by atoms with Gasteiger partial charge in [0.25, 0.3) is 0 Å². The highest BCUT2D eigenvalue weighted by Gasteiger charge is 2.02. The smallest absolute Gasteiger partial charge is 0.0207 e. The third kappa shape index (κ3) is 5.22. The van der Waals surface area contributed by atoms with Crippen LogP contribution in [-0.2, 0) is 6.42 Å². The van der Waals surface area contributed by atoms with E-state index in [1.54, 1.807) is 0 Å². The summed E-state index contributed by atoms with van der Waals surface area (Å²) in [6.45, 7) is 8.88. The SMILES string of the molecule is CCCNCCCCc1cc(C)c(Br)cc1C. The van der Waals surface area contributed by atoms with Gasteiger partial charge in [0.05, 0.1) is 0 Å².